The van der Waals surface area contributed by atoms with Gasteiger partial charge < -0.3 is 4.74 Å². The molecule has 0 aromatic carbocycles. The molecule has 0 aliphatic carbocycles. The highest BCUT2D eigenvalue weighted by Crippen LogP contribution is 2.03. The molecular formula is C8H19BrN2O3S. The number of halogens is 1. The van der Waals surface area contributed by atoms with Crippen molar-refractivity contribution in [3.05, 3.63) is 0 Å². The zero-order chi connectivity index (χ0) is 12.1. The van der Waals surface area contributed by atoms with E-state index in [1.807, 2.05) is 13.8 Å². The van der Waals surface area contributed by atoms with Crippen molar-refractivity contribution in [3.8, 4) is 0 Å². The Hall–Kier alpha value is 0.310. The van der Waals surface area contributed by atoms with Crippen molar-refractivity contribution in [3.63, 3.8) is 0 Å². The molecule has 0 radical (unpaired) electrons. The minimum Gasteiger partial charge on any atom is -0.383 e. The van der Waals surface area contributed by atoms with Crippen LogP contribution in [0.3, 0.4) is 0 Å². The van der Waals surface area contributed by atoms with Crippen molar-refractivity contribution in [2.45, 2.75) is 25.9 Å². The first-order chi connectivity index (χ1) is 6.85. The molecule has 0 saturated heterocycles. The maximum Gasteiger partial charge on any atom is 0.279 e. The summed E-state index contributed by atoms with van der Waals surface area (Å²) in [6.45, 7) is 3.98. The van der Waals surface area contributed by atoms with Crippen LogP contribution < -0.4 is 4.72 Å². The van der Waals surface area contributed by atoms with E-state index >= 15 is 0 Å². The Kier molecular flexibility index (Phi) is 6.94. The summed E-state index contributed by atoms with van der Waals surface area (Å²) in [5, 5.41) is 0.520. The van der Waals surface area contributed by atoms with E-state index in [-0.39, 0.29) is 12.1 Å². The second kappa shape index (κ2) is 6.80. The molecule has 1 unspecified atom stereocenters. The van der Waals surface area contributed by atoms with Crippen molar-refractivity contribution >= 4 is 26.1 Å². The van der Waals surface area contributed by atoms with Crippen LogP contribution in [0.1, 0.15) is 13.8 Å². The zero-order valence-corrected chi connectivity index (χ0v) is 11.9. The smallest absolute Gasteiger partial charge is 0.279 e. The van der Waals surface area contributed by atoms with Crippen molar-refractivity contribution in [1.29, 1.82) is 0 Å². The molecule has 0 fully saturated rings. The molecule has 0 rings (SSSR count). The molecular weight excluding hydrogens is 284 g/mol. The van der Waals surface area contributed by atoms with Crippen LogP contribution in [-0.2, 0) is 14.9 Å². The van der Waals surface area contributed by atoms with E-state index in [4.69, 9.17) is 4.74 Å². The molecule has 15 heavy (non-hydrogen) atoms. The third kappa shape index (κ3) is 5.26. The van der Waals surface area contributed by atoms with E-state index in [1.54, 1.807) is 7.05 Å². The van der Waals surface area contributed by atoms with Gasteiger partial charge in [0.2, 0.25) is 0 Å². The van der Waals surface area contributed by atoms with Crippen LogP contribution in [0.15, 0.2) is 0 Å². The highest BCUT2D eigenvalue weighted by atomic mass is 79.9. The molecule has 0 aromatic heterocycles. The molecule has 1 N–H and O–H groups in total. The molecule has 0 saturated carbocycles. The summed E-state index contributed by atoms with van der Waals surface area (Å²) in [6.07, 6.45) is 0. The standard InChI is InChI=1S/C8H19BrN2O3S/c1-7(2)11(3)15(12,13)10-8(5-9)6-14-4/h7-8,10H,5-6H2,1-4H3. The molecule has 7 heteroatoms. The minimum atomic E-state index is -3.42. The number of nitrogens with zero attached hydrogens (tertiary/aromatic N) is 1. The predicted molar refractivity (Wildman–Crippen MR) is 64.4 cm³/mol. The monoisotopic (exact) mass is 302 g/mol. The van der Waals surface area contributed by atoms with Crippen molar-refractivity contribution in [2.75, 3.05) is 26.1 Å². The van der Waals surface area contributed by atoms with Crippen LogP contribution in [0, 0.1) is 0 Å². The lowest BCUT2D eigenvalue weighted by Crippen LogP contribution is -2.48. The topological polar surface area (TPSA) is 58.6 Å². The van der Waals surface area contributed by atoms with E-state index < -0.39 is 10.2 Å². The van der Waals surface area contributed by atoms with Crippen LogP contribution in [0.2, 0.25) is 0 Å². The Morgan fingerprint density at radius 2 is 2.00 bits per heavy atom. The molecule has 0 aromatic rings. The molecule has 92 valence electrons. The van der Waals surface area contributed by atoms with Crippen LogP contribution in [0.25, 0.3) is 0 Å². The lowest BCUT2D eigenvalue weighted by molar-refractivity contribution is 0.180. The number of hydrogen-bond donors (Lipinski definition) is 1. The van der Waals surface area contributed by atoms with Crippen molar-refractivity contribution in [2.24, 2.45) is 0 Å². The van der Waals surface area contributed by atoms with E-state index in [0.717, 1.165) is 0 Å². The molecule has 0 aliphatic rings. The quantitative estimate of drug-likeness (QED) is 0.700. The molecule has 1 atom stereocenters. The second-order valence-electron chi connectivity index (χ2n) is 3.54. The van der Waals surface area contributed by atoms with Crippen molar-refractivity contribution < 1.29 is 13.2 Å². The van der Waals surface area contributed by atoms with Crippen LogP contribution in [0.4, 0.5) is 0 Å². The van der Waals surface area contributed by atoms with Gasteiger partial charge in [-0.1, -0.05) is 15.9 Å². The highest BCUT2D eigenvalue weighted by molar-refractivity contribution is 9.09. The van der Waals surface area contributed by atoms with Gasteiger partial charge in [0.15, 0.2) is 0 Å². The SMILES string of the molecule is COCC(CBr)NS(=O)(=O)N(C)C(C)C. The fourth-order valence-corrected chi connectivity index (χ4v) is 2.74. The number of hydrogen-bond acceptors (Lipinski definition) is 3. The third-order valence-electron chi connectivity index (χ3n) is 1.98. The lowest BCUT2D eigenvalue weighted by Gasteiger charge is -2.24. The van der Waals surface area contributed by atoms with Crippen LogP contribution in [-0.4, -0.2) is 50.9 Å². The van der Waals surface area contributed by atoms with Gasteiger partial charge >= 0.3 is 0 Å². The average molecular weight is 303 g/mol. The first-order valence-electron chi connectivity index (χ1n) is 4.65. The molecule has 0 bridgehead atoms. The van der Waals surface area contributed by atoms with E-state index in [9.17, 15) is 8.42 Å². The Morgan fingerprint density at radius 3 is 2.33 bits per heavy atom. The van der Waals surface area contributed by atoms with Gasteiger partial charge in [-0.15, -0.1) is 0 Å². The maximum atomic E-state index is 11.8. The lowest BCUT2D eigenvalue weighted by atomic mass is 10.4. The van der Waals surface area contributed by atoms with Gasteiger partial charge in [-0.2, -0.15) is 17.4 Å². The summed E-state index contributed by atoms with van der Waals surface area (Å²) in [6, 6.07) is -0.317. The van der Waals surface area contributed by atoms with Gasteiger partial charge in [-0.05, 0) is 13.8 Å². The van der Waals surface area contributed by atoms with Gasteiger partial charge in [0.05, 0.1) is 12.6 Å². The molecule has 5 nitrogen and oxygen atoms in total. The number of nitrogens with one attached hydrogen (secondary N) is 1. The molecule has 0 amide bonds. The molecule has 0 aliphatic heterocycles. The predicted octanol–water partition coefficient (Wildman–Crippen LogP) is 0.571. The Morgan fingerprint density at radius 1 is 1.47 bits per heavy atom. The van der Waals surface area contributed by atoms with Crippen LogP contribution >= 0.6 is 15.9 Å². The summed E-state index contributed by atoms with van der Waals surface area (Å²) < 4.78 is 32.3. The van der Waals surface area contributed by atoms with Crippen molar-refractivity contribution in [1.82, 2.24) is 9.03 Å². The fourth-order valence-electron chi connectivity index (χ4n) is 0.883. The van der Waals surface area contributed by atoms with Gasteiger partial charge in [0.1, 0.15) is 0 Å². The van der Waals surface area contributed by atoms with Gasteiger partial charge in [0, 0.05) is 25.5 Å². The maximum absolute atomic E-state index is 11.8. The average Bonchev–Trinajstić information content (AvgIpc) is 2.15. The number of ether oxygens (including phenoxy) is 1. The Balaban J connectivity index is 4.48. The Bertz CT molecular complexity index is 269. The number of methoxy groups -OCH3 is 1. The normalized spacial score (nSPS) is 14.9. The summed E-state index contributed by atoms with van der Waals surface area (Å²) in [5.74, 6) is 0. The van der Waals surface area contributed by atoms with E-state index in [2.05, 4.69) is 20.7 Å². The minimum absolute atomic E-state index is 0.0685. The number of rotatable bonds is 7. The van der Waals surface area contributed by atoms with Crippen LogP contribution in [0.5, 0.6) is 0 Å². The fraction of sp³-hybridized carbons (Fsp3) is 1.00. The largest absolute Gasteiger partial charge is 0.383 e. The van der Waals surface area contributed by atoms with Gasteiger partial charge in [0.25, 0.3) is 10.2 Å². The first-order valence-corrected chi connectivity index (χ1v) is 7.21. The van der Waals surface area contributed by atoms with E-state index in [1.165, 1.54) is 11.4 Å². The zero-order valence-electron chi connectivity index (χ0n) is 9.53. The first kappa shape index (κ1) is 15.3. The third-order valence-corrected chi connectivity index (χ3v) is 4.57. The highest BCUT2D eigenvalue weighted by Gasteiger charge is 2.23. The number of alkyl halides is 1. The second-order valence-corrected chi connectivity index (χ2v) is 5.95. The van der Waals surface area contributed by atoms with E-state index in [0.29, 0.717) is 11.9 Å². The molecule has 0 heterocycles. The molecule has 0 spiro atoms. The summed E-state index contributed by atoms with van der Waals surface area (Å²) in [5.41, 5.74) is 0. The summed E-state index contributed by atoms with van der Waals surface area (Å²) in [4.78, 5) is 0. The summed E-state index contributed by atoms with van der Waals surface area (Å²) in [7, 11) is -0.335. The van der Waals surface area contributed by atoms with Gasteiger partial charge in [-0.25, -0.2) is 0 Å². The van der Waals surface area contributed by atoms with Gasteiger partial charge in [-0.3, -0.25) is 0 Å². The Labute approximate surface area is 100 Å². The summed E-state index contributed by atoms with van der Waals surface area (Å²) >= 11 is 3.23.